The van der Waals surface area contributed by atoms with Gasteiger partial charge in [-0.05, 0) is 37.5 Å². The zero-order valence-electron chi connectivity index (χ0n) is 8.74. The van der Waals surface area contributed by atoms with Crippen molar-refractivity contribution < 1.29 is 19.8 Å². The molecule has 1 rings (SSSR count). The molecule has 0 saturated heterocycles. The smallest absolute Gasteiger partial charge is 0.294 e. The zero-order valence-corrected chi connectivity index (χ0v) is 8.74. The van der Waals surface area contributed by atoms with E-state index in [1.165, 1.54) is 0 Å². The minimum absolute atomic E-state index is 0.121. The van der Waals surface area contributed by atoms with Gasteiger partial charge in [-0.3, -0.25) is 0 Å². The molecule has 8 heteroatoms. The fourth-order valence-electron chi connectivity index (χ4n) is 1.90. The Morgan fingerprint density at radius 3 is 1.44 bits per heavy atom. The molecule has 1 aliphatic rings. The molecule has 0 bridgehead atoms. The summed E-state index contributed by atoms with van der Waals surface area (Å²) in [5.74, 6) is 0.356. The molecule has 1 aliphatic carbocycles. The second-order valence-corrected chi connectivity index (χ2v) is 3.93. The Kier molecular flexibility index (Phi) is 4.74. The van der Waals surface area contributed by atoms with Crippen LogP contribution in [0.4, 0.5) is 0 Å². The largest absolute Gasteiger partial charge is 0.314 e. The van der Waals surface area contributed by atoms with Crippen LogP contribution in [0.25, 0.3) is 0 Å². The molecule has 0 atom stereocenters. The van der Waals surface area contributed by atoms with Gasteiger partial charge < -0.3 is 9.68 Å². The molecular weight excluding hydrogens is 220 g/mol. The molecule has 16 heavy (non-hydrogen) atoms. The van der Waals surface area contributed by atoms with Gasteiger partial charge in [0, 0.05) is 0 Å². The van der Waals surface area contributed by atoms with Crippen molar-refractivity contribution in [1.29, 1.82) is 0 Å². The van der Waals surface area contributed by atoms with Gasteiger partial charge in [0.05, 0.1) is 13.2 Å². The van der Waals surface area contributed by atoms with Gasteiger partial charge in [0.1, 0.15) is 0 Å². The summed E-state index contributed by atoms with van der Waals surface area (Å²) in [5, 5.41) is 18.4. The molecule has 8 nitrogen and oxygen atoms in total. The maximum Gasteiger partial charge on any atom is 0.294 e. The Bertz CT molecular complexity index is 225. The van der Waals surface area contributed by atoms with Crippen molar-refractivity contribution in [2.24, 2.45) is 11.8 Å². The maximum atomic E-state index is 9.97. The molecule has 0 amide bonds. The lowest BCUT2D eigenvalue weighted by Gasteiger charge is -2.26. The predicted molar refractivity (Wildman–Crippen MR) is 51.3 cm³/mol. The first kappa shape index (κ1) is 12.5. The van der Waals surface area contributed by atoms with Crippen LogP contribution in [0.5, 0.6) is 0 Å². The Morgan fingerprint density at radius 1 is 0.875 bits per heavy atom. The second-order valence-electron chi connectivity index (χ2n) is 3.93. The van der Waals surface area contributed by atoms with Crippen LogP contribution >= 0.6 is 0 Å². The summed E-state index contributed by atoms with van der Waals surface area (Å²) >= 11 is 0. The third-order valence-corrected chi connectivity index (χ3v) is 2.80. The van der Waals surface area contributed by atoms with Crippen molar-refractivity contribution in [1.82, 2.24) is 0 Å². The van der Waals surface area contributed by atoms with E-state index < -0.39 is 10.2 Å². The van der Waals surface area contributed by atoms with Crippen molar-refractivity contribution in [2.45, 2.75) is 25.7 Å². The highest BCUT2D eigenvalue weighted by molar-refractivity contribution is 4.71. The molecule has 0 aliphatic heterocycles. The summed E-state index contributed by atoms with van der Waals surface area (Å²) in [6.45, 7) is 0.242. The molecular formula is C8H14N2O6. The number of nitrogens with zero attached hydrogens (tertiary/aromatic N) is 2. The van der Waals surface area contributed by atoms with Gasteiger partial charge in [0.15, 0.2) is 0 Å². The molecule has 0 heterocycles. The second kappa shape index (κ2) is 6.09. The molecule has 1 fully saturated rings. The minimum atomic E-state index is -0.790. The van der Waals surface area contributed by atoms with Crippen LogP contribution < -0.4 is 0 Å². The third kappa shape index (κ3) is 4.76. The highest BCUT2D eigenvalue weighted by Crippen LogP contribution is 2.29. The van der Waals surface area contributed by atoms with E-state index in [2.05, 4.69) is 9.68 Å². The summed E-state index contributed by atoms with van der Waals surface area (Å²) < 4.78 is 0. The SMILES string of the molecule is O=[N+]([O-])OC[C@H]1CC[C@H](CO[N+](=O)[O-])CC1. The number of hydrogen-bond acceptors (Lipinski definition) is 6. The van der Waals surface area contributed by atoms with Crippen LogP contribution in [-0.4, -0.2) is 23.4 Å². The molecule has 0 N–H and O–H groups in total. The first-order valence-electron chi connectivity index (χ1n) is 5.12. The third-order valence-electron chi connectivity index (χ3n) is 2.80. The number of rotatable bonds is 6. The average Bonchev–Trinajstić information content (AvgIpc) is 2.25. The van der Waals surface area contributed by atoms with Crippen molar-refractivity contribution in [3.63, 3.8) is 0 Å². The normalized spacial score (nSPS) is 24.8. The van der Waals surface area contributed by atoms with E-state index >= 15 is 0 Å². The first-order chi connectivity index (χ1) is 7.58. The quantitative estimate of drug-likeness (QED) is 0.505. The lowest BCUT2D eigenvalue weighted by molar-refractivity contribution is -0.760. The van der Waals surface area contributed by atoms with Gasteiger partial charge in [0.25, 0.3) is 10.2 Å². The van der Waals surface area contributed by atoms with E-state index in [-0.39, 0.29) is 25.0 Å². The minimum Gasteiger partial charge on any atom is -0.314 e. The van der Waals surface area contributed by atoms with Gasteiger partial charge in [0.2, 0.25) is 0 Å². The van der Waals surface area contributed by atoms with E-state index in [0.717, 1.165) is 25.7 Å². The van der Waals surface area contributed by atoms with Crippen molar-refractivity contribution in [3.05, 3.63) is 20.2 Å². The van der Waals surface area contributed by atoms with Gasteiger partial charge in [-0.25, -0.2) is 0 Å². The van der Waals surface area contributed by atoms with Crippen molar-refractivity contribution >= 4 is 0 Å². The van der Waals surface area contributed by atoms with Crippen LogP contribution in [0.1, 0.15) is 25.7 Å². The van der Waals surface area contributed by atoms with E-state index in [9.17, 15) is 20.2 Å². The highest BCUT2D eigenvalue weighted by Gasteiger charge is 2.22. The van der Waals surface area contributed by atoms with Crippen LogP contribution in [0.2, 0.25) is 0 Å². The van der Waals surface area contributed by atoms with Crippen LogP contribution in [0, 0.1) is 32.1 Å². The molecule has 0 aromatic rings. The Morgan fingerprint density at radius 2 is 1.19 bits per heavy atom. The molecule has 0 radical (unpaired) electrons. The predicted octanol–water partition coefficient (Wildman–Crippen LogP) is 1.21. The molecule has 92 valence electrons. The summed E-state index contributed by atoms with van der Waals surface area (Å²) in [5.41, 5.74) is 0. The average molecular weight is 234 g/mol. The van der Waals surface area contributed by atoms with E-state index in [1.54, 1.807) is 0 Å². The summed E-state index contributed by atoms with van der Waals surface area (Å²) in [7, 11) is 0. The van der Waals surface area contributed by atoms with E-state index in [0.29, 0.717) is 0 Å². The zero-order chi connectivity index (χ0) is 12.0. The fourth-order valence-corrected chi connectivity index (χ4v) is 1.90. The highest BCUT2D eigenvalue weighted by atomic mass is 17.0. The van der Waals surface area contributed by atoms with Gasteiger partial charge in [-0.15, -0.1) is 20.2 Å². The van der Waals surface area contributed by atoms with E-state index in [1.807, 2.05) is 0 Å². The lowest BCUT2D eigenvalue weighted by Crippen LogP contribution is -2.23. The number of hydrogen-bond donors (Lipinski definition) is 0. The Hall–Kier alpha value is -1.60. The fraction of sp³-hybridized carbons (Fsp3) is 1.00. The van der Waals surface area contributed by atoms with Crippen LogP contribution in [0.15, 0.2) is 0 Å². The molecule has 0 unspecified atom stereocenters. The molecule has 1 saturated carbocycles. The van der Waals surface area contributed by atoms with Gasteiger partial charge in [-0.1, -0.05) is 0 Å². The first-order valence-corrected chi connectivity index (χ1v) is 5.12. The van der Waals surface area contributed by atoms with Crippen molar-refractivity contribution in [3.8, 4) is 0 Å². The van der Waals surface area contributed by atoms with E-state index in [4.69, 9.17) is 0 Å². The van der Waals surface area contributed by atoms with Crippen molar-refractivity contribution in [2.75, 3.05) is 13.2 Å². The monoisotopic (exact) mass is 234 g/mol. The topological polar surface area (TPSA) is 105 Å². The maximum absolute atomic E-state index is 9.97. The summed E-state index contributed by atoms with van der Waals surface area (Å²) in [4.78, 5) is 28.5. The molecule has 0 spiro atoms. The van der Waals surface area contributed by atoms with Gasteiger partial charge >= 0.3 is 0 Å². The Balaban J connectivity index is 2.13. The Labute approximate surface area is 91.7 Å². The standard InChI is InChI=1S/C8H14N2O6/c11-9(12)15-5-7-1-2-8(4-3-7)6-16-10(13)14/h7-8H,1-6H2/t7-,8-. The van der Waals surface area contributed by atoms with Gasteiger partial charge in [-0.2, -0.15) is 0 Å². The van der Waals surface area contributed by atoms with Crippen LogP contribution in [0.3, 0.4) is 0 Å². The van der Waals surface area contributed by atoms with Crippen LogP contribution in [-0.2, 0) is 9.68 Å². The molecule has 0 aromatic carbocycles. The lowest BCUT2D eigenvalue weighted by atomic mass is 9.83. The summed E-state index contributed by atoms with van der Waals surface area (Å²) in [6, 6.07) is 0. The summed E-state index contributed by atoms with van der Waals surface area (Å²) in [6.07, 6.45) is 3.17. The molecule has 0 aromatic heterocycles.